The second-order valence-electron chi connectivity index (χ2n) is 6.29. The minimum Gasteiger partial charge on any atom is -0.339 e. The van der Waals surface area contributed by atoms with Gasteiger partial charge in [0.15, 0.2) is 5.82 Å². The molecule has 2 aromatic heterocycles. The van der Waals surface area contributed by atoms with Crippen LogP contribution in [0.2, 0.25) is 0 Å². The third kappa shape index (κ3) is 5.10. The van der Waals surface area contributed by atoms with Crippen molar-refractivity contribution in [3.63, 3.8) is 0 Å². The smallest absolute Gasteiger partial charge is 0.240 e. The fraction of sp³-hybridized carbons (Fsp3) is 0.625. The van der Waals surface area contributed by atoms with Crippen LogP contribution >= 0.6 is 0 Å². The highest BCUT2D eigenvalue weighted by molar-refractivity contribution is 5.90. The van der Waals surface area contributed by atoms with Gasteiger partial charge in [0, 0.05) is 25.1 Å². The Morgan fingerprint density at radius 3 is 3.00 bits per heavy atom. The van der Waals surface area contributed by atoms with Gasteiger partial charge >= 0.3 is 0 Å². The molecule has 0 spiro atoms. The van der Waals surface area contributed by atoms with Crippen molar-refractivity contribution < 1.29 is 13.8 Å². The summed E-state index contributed by atoms with van der Waals surface area (Å²) in [5, 5.41) is 13.7. The highest BCUT2D eigenvalue weighted by Crippen LogP contribution is 2.13. The summed E-state index contributed by atoms with van der Waals surface area (Å²) < 4.78 is 10.1. The molecule has 0 aromatic carbocycles. The molecular weight excluding hydrogens is 324 g/mol. The fourth-order valence-electron chi connectivity index (χ4n) is 2.90. The zero-order chi connectivity index (χ0) is 17.6. The number of carbonyl (C=O) groups excluding carboxylic acids is 1. The molecule has 0 radical (unpaired) electrons. The molecule has 9 heteroatoms. The van der Waals surface area contributed by atoms with Gasteiger partial charge in [-0.25, -0.2) is 0 Å². The summed E-state index contributed by atoms with van der Waals surface area (Å²) in [6, 6.07) is 1.95. The fourth-order valence-corrected chi connectivity index (χ4v) is 2.90. The van der Waals surface area contributed by atoms with Gasteiger partial charge in [-0.1, -0.05) is 17.2 Å². The Morgan fingerprint density at radius 2 is 2.28 bits per heavy atom. The molecule has 0 aliphatic carbocycles. The molecule has 2 aromatic rings. The number of rotatable bonds is 7. The van der Waals surface area contributed by atoms with Gasteiger partial charge < -0.3 is 14.4 Å². The topological polar surface area (TPSA) is 109 Å². The first-order valence-electron chi connectivity index (χ1n) is 8.62. The first-order chi connectivity index (χ1) is 12.1. The Bertz CT molecular complexity index is 698. The predicted molar refractivity (Wildman–Crippen MR) is 89.8 cm³/mol. The summed E-state index contributed by atoms with van der Waals surface area (Å²) in [7, 11) is 0. The van der Waals surface area contributed by atoms with Crippen molar-refractivity contribution in [1.29, 1.82) is 0 Å². The predicted octanol–water partition coefficient (Wildman–Crippen LogP) is 1.12. The van der Waals surface area contributed by atoms with Crippen molar-refractivity contribution in [3.8, 4) is 0 Å². The number of hydrogen-bond acceptors (Lipinski definition) is 8. The molecule has 3 heterocycles. The van der Waals surface area contributed by atoms with Crippen LogP contribution in [0, 0.1) is 6.92 Å². The standard InChI is InChI=1S/C16H24N6O3/c1-3-15-18-13(21-24-15)10-22-6-4-5-12(9-22)17-8-14(23)19-16-7-11(2)20-25-16/h7,12,17H,3-6,8-10H2,1-2H3,(H,19,23)/t12-/m1/s1. The van der Waals surface area contributed by atoms with E-state index < -0.39 is 0 Å². The van der Waals surface area contributed by atoms with Gasteiger partial charge in [-0.05, 0) is 26.3 Å². The van der Waals surface area contributed by atoms with Crippen molar-refractivity contribution in [2.75, 3.05) is 25.0 Å². The number of carbonyl (C=O) groups is 1. The quantitative estimate of drug-likeness (QED) is 0.766. The lowest BCUT2D eigenvalue weighted by Gasteiger charge is -2.32. The maximum absolute atomic E-state index is 12.0. The average Bonchev–Trinajstić information content (AvgIpc) is 3.22. The highest BCUT2D eigenvalue weighted by atomic mass is 16.5. The van der Waals surface area contributed by atoms with Crippen LogP contribution in [0.25, 0.3) is 0 Å². The summed E-state index contributed by atoms with van der Waals surface area (Å²) in [6.45, 7) is 6.55. The molecule has 0 unspecified atom stereocenters. The largest absolute Gasteiger partial charge is 0.339 e. The van der Waals surface area contributed by atoms with Gasteiger partial charge in [0.25, 0.3) is 0 Å². The third-order valence-electron chi connectivity index (χ3n) is 4.13. The molecule has 1 atom stereocenters. The Morgan fingerprint density at radius 1 is 1.40 bits per heavy atom. The second-order valence-corrected chi connectivity index (χ2v) is 6.29. The number of piperidine rings is 1. The van der Waals surface area contributed by atoms with Gasteiger partial charge in [-0.15, -0.1) is 0 Å². The van der Waals surface area contributed by atoms with Gasteiger partial charge in [0.1, 0.15) is 0 Å². The molecule has 1 amide bonds. The molecule has 136 valence electrons. The number of nitrogens with zero attached hydrogens (tertiary/aromatic N) is 4. The molecule has 2 N–H and O–H groups in total. The molecule has 0 bridgehead atoms. The van der Waals surface area contributed by atoms with E-state index in [0.29, 0.717) is 18.3 Å². The van der Waals surface area contributed by atoms with E-state index in [-0.39, 0.29) is 18.5 Å². The van der Waals surface area contributed by atoms with E-state index in [2.05, 4.69) is 30.8 Å². The van der Waals surface area contributed by atoms with Crippen molar-refractivity contribution in [3.05, 3.63) is 23.5 Å². The minimum atomic E-state index is -0.140. The number of amides is 1. The van der Waals surface area contributed by atoms with E-state index in [0.717, 1.165) is 43.9 Å². The van der Waals surface area contributed by atoms with Crippen LogP contribution < -0.4 is 10.6 Å². The van der Waals surface area contributed by atoms with E-state index in [1.165, 1.54) is 0 Å². The summed E-state index contributed by atoms with van der Waals surface area (Å²) in [4.78, 5) is 18.6. The van der Waals surface area contributed by atoms with Crippen molar-refractivity contribution in [2.24, 2.45) is 0 Å². The molecule has 1 saturated heterocycles. The number of nitrogens with one attached hydrogen (secondary N) is 2. The zero-order valence-corrected chi connectivity index (χ0v) is 14.6. The minimum absolute atomic E-state index is 0.140. The van der Waals surface area contributed by atoms with Crippen LogP contribution in [0.15, 0.2) is 15.1 Å². The molecule has 1 aliphatic heterocycles. The van der Waals surface area contributed by atoms with Crippen molar-refractivity contribution >= 4 is 11.8 Å². The van der Waals surface area contributed by atoms with Crippen LogP contribution in [0.4, 0.5) is 5.88 Å². The first-order valence-corrected chi connectivity index (χ1v) is 8.62. The van der Waals surface area contributed by atoms with Crippen LogP contribution in [-0.2, 0) is 17.8 Å². The Hall–Kier alpha value is -2.26. The molecule has 25 heavy (non-hydrogen) atoms. The lowest BCUT2D eigenvalue weighted by molar-refractivity contribution is -0.115. The zero-order valence-electron chi connectivity index (χ0n) is 14.6. The Kier molecular flexibility index (Phi) is 5.77. The van der Waals surface area contributed by atoms with Crippen LogP contribution in [0.5, 0.6) is 0 Å². The van der Waals surface area contributed by atoms with Gasteiger partial charge in [0.05, 0.1) is 18.8 Å². The maximum Gasteiger partial charge on any atom is 0.240 e. The summed E-state index contributed by atoms with van der Waals surface area (Å²) in [6.07, 6.45) is 2.85. The van der Waals surface area contributed by atoms with E-state index >= 15 is 0 Å². The lowest BCUT2D eigenvalue weighted by Crippen LogP contribution is -2.47. The molecule has 9 nitrogen and oxygen atoms in total. The number of aryl methyl sites for hydroxylation is 2. The lowest BCUT2D eigenvalue weighted by atomic mass is 10.1. The first kappa shape index (κ1) is 17.6. The average molecular weight is 348 g/mol. The van der Waals surface area contributed by atoms with Gasteiger partial charge in [0.2, 0.25) is 17.7 Å². The molecule has 3 rings (SSSR count). The number of aromatic nitrogens is 3. The summed E-state index contributed by atoms with van der Waals surface area (Å²) >= 11 is 0. The van der Waals surface area contributed by atoms with Gasteiger partial charge in [-0.3, -0.25) is 15.0 Å². The van der Waals surface area contributed by atoms with E-state index in [9.17, 15) is 4.79 Å². The summed E-state index contributed by atoms with van der Waals surface area (Å²) in [5.74, 6) is 1.62. The Balaban J connectivity index is 1.42. The normalized spacial score (nSPS) is 18.4. The number of anilines is 1. The third-order valence-corrected chi connectivity index (χ3v) is 4.13. The molecular formula is C16H24N6O3. The van der Waals surface area contributed by atoms with Crippen LogP contribution in [0.1, 0.15) is 37.2 Å². The molecule has 1 aliphatic rings. The Labute approximate surface area is 146 Å². The molecule has 0 saturated carbocycles. The maximum atomic E-state index is 12.0. The van der Waals surface area contributed by atoms with E-state index in [4.69, 9.17) is 9.05 Å². The molecule has 1 fully saturated rings. The highest BCUT2D eigenvalue weighted by Gasteiger charge is 2.22. The summed E-state index contributed by atoms with van der Waals surface area (Å²) in [5.41, 5.74) is 0.735. The SMILES string of the molecule is CCc1nc(CN2CCC[C@@H](NCC(=O)Nc3cc(C)no3)C2)no1. The second kappa shape index (κ2) is 8.21. The van der Waals surface area contributed by atoms with E-state index in [1.807, 2.05) is 6.92 Å². The van der Waals surface area contributed by atoms with Gasteiger partial charge in [-0.2, -0.15) is 4.98 Å². The van der Waals surface area contributed by atoms with Crippen LogP contribution in [0.3, 0.4) is 0 Å². The van der Waals surface area contributed by atoms with Crippen molar-refractivity contribution in [1.82, 2.24) is 25.5 Å². The van der Waals surface area contributed by atoms with Crippen LogP contribution in [-0.4, -0.2) is 51.8 Å². The van der Waals surface area contributed by atoms with Crippen molar-refractivity contribution in [2.45, 2.75) is 45.7 Å². The number of hydrogen-bond donors (Lipinski definition) is 2. The monoisotopic (exact) mass is 348 g/mol. The number of likely N-dealkylation sites (tertiary alicyclic amines) is 1. The van der Waals surface area contributed by atoms with E-state index in [1.54, 1.807) is 13.0 Å².